The summed E-state index contributed by atoms with van der Waals surface area (Å²) in [5, 5.41) is 12.9. The van der Waals surface area contributed by atoms with Crippen LogP contribution in [0.2, 0.25) is 0 Å². The lowest BCUT2D eigenvalue weighted by molar-refractivity contribution is -0.194. The second-order valence-electron chi connectivity index (χ2n) is 10.9. The Morgan fingerprint density at radius 2 is 1.38 bits per heavy atom. The highest BCUT2D eigenvalue weighted by molar-refractivity contribution is 4.94. The molecule has 1 aliphatic rings. The van der Waals surface area contributed by atoms with Crippen LogP contribution in [0.3, 0.4) is 0 Å². The summed E-state index contributed by atoms with van der Waals surface area (Å²) in [5.41, 5.74) is -1.09. The Kier molecular flexibility index (Phi) is 17.6. The van der Waals surface area contributed by atoms with Crippen molar-refractivity contribution < 1.29 is 19.4 Å². The van der Waals surface area contributed by atoms with Crippen LogP contribution in [0.1, 0.15) is 123 Å². The number of ether oxygens (including phenoxy) is 2. The van der Waals surface area contributed by atoms with Crippen LogP contribution < -0.4 is 11.2 Å². The van der Waals surface area contributed by atoms with Crippen LogP contribution in [0.5, 0.6) is 0 Å². The quantitative estimate of drug-likeness (QED) is 0.139. The molecule has 0 spiro atoms. The number of hydroxylamine groups is 2. The van der Waals surface area contributed by atoms with E-state index in [0.717, 1.165) is 25.9 Å². The Balaban J connectivity index is 1.85. The van der Waals surface area contributed by atoms with E-state index in [0.29, 0.717) is 0 Å². The number of methoxy groups -OCH3 is 1. The fraction of sp³-hybridized carbons (Fsp3) is 0.867. The van der Waals surface area contributed by atoms with Crippen LogP contribution in [0, 0.1) is 0 Å². The molecule has 9 heteroatoms. The second kappa shape index (κ2) is 20.4. The number of H-pyrrole nitrogens is 1. The van der Waals surface area contributed by atoms with E-state index in [9.17, 15) is 14.7 Å². The number of hydrogen-bond donors (Lipinski definition) is 2. The summed E-state index contributed by atoms with van der Waals surface area (Å²) in [6.45, 7) is 6.37. The Morgan fingerprint density at radius 3 is 1.87 bits per heavy atom. The molecular formula is C30H55N3O6. The van der Waals surface area contributed by atoms with Gasteiger partial charge in [-0.3, -0.25) is 19.2 Å². The number of rotatable bonds is 23. The lowest BCUT2D eigenvalue weighted by Gasteiger charge is -2.24. The molecule has 0 aliphatic carbocycles. The van der Waals surface area contributed by atoms with Crippen molar-refractivity contribution in [1.29, 1.82) is 0 Å². The summed E-state index contributed by atoms with van der Waals surface area (Å²) >= 11 is 0. The minimum atomic E-state index is -0.966. The lowest BCUT2D eigenvalue weighted by atomic mass is 10.1. The molecule has 2 heterocycles. The zero-order chi connectivity index (χ0) is 28.3. The van der Waals surface area contributed by atoms with Gasteiger partial charge in [-0.15, -0.1) is 0 Å². The molecule has 2 rings (SSSR count). The van der Waals surface area contributed by atoms with Gasteiger partial charge in [0.2, 0.25) is 0 Å². The Bertz CT molecular complexity index is 840. The largest absolute Gasteiger partial charge is 0.387 e. The summed E-state index contributed by atoms with van der Waals surface area (Å²) in [5.74, 6) is 0. The highest BCUT2D eigenvalue weighted by Crippen LogP contribution is 2.30. The van der Waals surface area contributed by atoms with E-state index in [1.54, 1.807) is 0 Å². The average Bonchev–Trinajstić information content (AvgIpc) is 3.24. The summed E-state index contributed by atoms with van der Waals surface area (Å²) < 4.78 is 12.7. The van der Waals surface area contributed by atoms with E-state index in [2.05, 4.69) is 18.8 Å². The second-order valence-corrected chi connectivity index (χ2v) is 10.9. The molecule has 1 saturated heterocycles. The molecule has 2 N–H and O–H groups in total. The topological polar surface area (TPSA) is 106 Å². The molecule has 4 atom stereocenters. The molecule has 1 aromatic rings. The van der Waals surface area contributed by atoms with Gasteiger partial charge in [0.25, 0.3) is 5.56 Å². The molecule has 0 bridgehead atoms. The van der Waals surface area contributed by atoms with Crippen LogP contribution in [-0.4, -0.2) is 64.8 Å². The van der Waals surface area contributed by atoms with E-state index in [1.165, 1.54) is 114 Å². The first-order valence-electron chi connectivity index (χ1n) is 15.6. The zero-order valence-electron chi connectivity index (χ0n) is 24.8. The lowest BCUT2D eigenvalue weighted by Crippen LogP contribution is -2.39. The van der Waals surface area contributed by atoms with Crippen molar-refractivity contribution in [3.05, 3.63) is 33.1 Å². The fourth-order valence-electron chi connectivity index (χ4n) is 5.23. The molecule has 39 heavy (non-hydrogen) atoms. The molecule has 1 fully saturated rings. The molecule has 1 aromatic heterocycles. The summed E-state index contributed by atoms with van der Waals surface area (Å²) in [6, 6.07) is 1.25. The van der Waals surface area contributed by atoms with Crippen molar-refractivity contribution in [1.82, 2.24) is 14.6 Å². The normalized spacial score (nSPS) is 21.3. The van der Waals surface area contributed by atoms with Gasteiger partial charge in [-0.2, -0.15) is 5.06 Å². The highest BCUT2D eigenvalue weighted by atomic mass is 16.7. The van der Waals surface area contributed by atoms with Crippen LogP contribution >= 0.6 is 0 Å². The molecule has 0 radical (unpaired) electrons. The Morgan fingerprint density at radius 1 is 0.872 bits per heavy atom. The maximum atomic E-state index is 12.3. The van der Waals surface area contributed by atoms with Crippen LogP contribution in [0.25, 0.3) is 0 Å². The van der Waals surface area contributed by atoms with Gasteiger partial charge in [0.15, 0.2) is 6.23 Å². The summed E-state index contributed by atoms with van der Waals surface area (Å²) in [7, 11) is 1.47. The predicted octanol–water partition coefficient (Wildman–Crippen LogP) is 5.32. The Labute approximate surface area is 235 Å². The first kappa shape index (κ1) is 33.7. The maximum absolute atomic E-state index is 12.3. The van der Waals surface area contributed by atoms with Gasteiger partial charge in [-0.1, -0.05) is 104 Å². The minimum Gasteiger partial charge on any atom is -0.387 e. The van der Waals surface area contributed by atoms with Gasteiger partial charge in [0.05, 0.1) is 6.61 Å². The molecule has 9 nitrogen and oxygen atoms in total. The van der Waals surface area contributed by atoms with E-state index < -0.39 is 35.8 Å². The van der Waals surface area contributed by atoms with Crippen LogP contribution in [0.4, 0.5) is 0 Å². The van der Waals surface area contributed by atoms with Crippen molar-refractivity contribution in [3.8, 4) is 0 Å². The molecule has 1 aliphatic heterocycles. The molecule has 0 aromatic carbocycles. The standard InChI is InChI=1S/C30H55N3O6/c1-4-6-8-10-12-14-16-18-21-32(22-19-17-15-13-11-9-7-5-2)38-24-25-27(35)28(37-3)29(39-25)33-23-20-26(34)31-30(33)36/h20,23,25,27-29,35H,4-19,21-22,24H2,1-3H3,(H,31,34,36)/t25-,27?,28+,29-/m1/s1. The van der Waals surface area contributed by atoms with Gasteiger partial charge in [0, 0.05) is 32.5 Å². The fourth-order valence-corrected chi connectivity index (χ4v) is 5.23. The number of unbranched alkanes of at least 4 members (excludes halogenated alkanes) is 14. The van der Waals surface area contributed by atoms with E-state index in [1.807, 2.05) is 5.06 Å². The van der Waals surface area contributed by atoms with Crippen LogP contribution in [0.15, 0.2) is 21.9 Å². The molecule has 0 amide bonds. The third kappa shape index (κ3) is 12.7. The van der Waals surface area contributed by atoms with Crippen LogP contribution in [-0.2, 0) is 14.3 Å². The van der Waals surface area contributed by atoms with E-state index in [-0.39, 0.29) is 6.61 Å². The van der Waals surface area contributed by atoms with Crippen molar-refractivity contribution in [2.24, 2.45) is 0 Å². The SMILES string of the molecule is CCCCCCCCCCN(CCCCCCCCCC)OC[C@H]1O[C@@H](n2ccc(=O)[nH]c2=O)[C@@H](OC)C1O. The van der Waals surface area contributed by atoms with Gasteiger partial charge >= 0.3 is 5.69 Å². The molecular weight excluding hydrogens is 498 g/mol. The smallest absolute Gasteiger partial charge is 0.330 e. The van der Waals surface area contributed by atoms with Gasteiger partial charge < -0.3 is 14.6 Å². The number of hydrogen-bond acceptors (Lipinski definition) is 7. The average molecular weight is 554 g/mol. The predicted molar refractivity (Wildman–Crippen MR) is 155 cm³/mol. The monoisotopic (exact) mass is 553 g/mol. The number of aliphatic hydroxyl groups is 1. The number of aromatic amines is 1. The Hall–Kier alpha value is -1.52. The number of nitrogens with one attached hydrogen (secondary N) is 1. The van der Waals surface area contributed by atoms with E-state index >= 15 is 0 Å². The van der Waals surface area contributed by atoms with Gasteiger partial charge in [0.1, 0.15) is 18.3 Å². The van der Waals surface area contributed by atoms with E-state index in [4.69, 9.17) is 14.3 Å². The molecule has 226 valence electrons. The molecule has 1 unspecified atom stereocenters. The van der Waals surface area contributed by atoms with Gasteiger partial charge in [-0.25, -0.2) is 4.79 Å². The van der Waals surface area contributed by atoms with Crippen molar-refractivity contribution >= 4 is 0 Å². The van der Waals surface area contributed by atoms with Crippen molar-refractivity contribution in [3.63, 3.8) is 0 Å². The number of nitrogens with zero attached hydrogens (tertiary/aromatic N) is 2. The summed E-state index contributed by atoms with van der Waals surface area (Å²) in [4.78, 5) is 32.2. The highest BCUT2D eigenvalue weighted by Gasteiger charge is 2.45. The van der Waals surface area contributed by atoms with Crippen molar-refractivity contribution in [2.45, 2.75) is 141 Å². The first-order chi connectivity index (χ1) is 19.0. The minimum absolute atomic E-state index is 0.170. The molecule has 0 saturated carbocycles. The maximum Gasteiger partial charge on any atom is 0.330 e. The number of aromatic nitrogens is 2. The first-order valence-corrected chi connectivity index (χ1v) is 15.6. The summed E-state index contributed by atoms with van der Waals surface area (Å²) in [6.07, 6.45) is 18.3. The zero-order valence-corrected chi connectivity index (χ0v) is 24.8. The third-order valence-electron chi connectivity index (χ3n) is 7.65. The number of aliphatic hydroxyl groups excluding tert-OH is 1. The van der Waals surface area contributed by atoms with Gasteiger partial charge in [-0.05, 0) is 12.8 Å². The third-order valence-corrected chi connectivity index (χ3v) is 7.65. The van der Waals surface area contributed by atoms with Crippen molar-refractivity contribution in [2.75, 3.05) is 26.8 Å².